The number of aromatic nitrogens is 3. The molecule has 1 aliphatic rings. The van der Waals surface area contributed by atoms with E-state index in [2.05, 4.69) is 19.9 Å². The van der Waals surface area contributed by atoms with Gasteiger partial charge in [0.15, 0.2) is 15.7 Å². The molecule has 9 heteroatoms. The summed E-state index contributed by atoms with van der Waals surface area (Å²) < 4.78 is 36.3. The van der Waals surface area contributed by atoms with Crippen molar-refractivity contribution in [2.45, 2.75) is 10.6 Å². The summed E-state index contributed by atoms with van der Waals surface area (Å²) in [7, 11) is -1.99. The first kappa shape index (κ1) is 20.2. The standard InChI is InChI=1S/C21H22N4O4S/c1-28-20-8-7-16(14-22-20)21-23-17(13-19(24-21)25-9-11-29-12-10-25)15-30(26,27)18-5-3-2-4-6-18/h2-8,13-14H,9-12,15H2,1H3. The molecule has 0 N–H and O–H groups in total. The fourth-order valence-electron chi connectivity index (χ4n) is 3.18. The highest BCUT2D eigenvalue weighted by Crippen LogP contribution is 2.24. The Morgan fingerprint density at radius 3 is 2.50 bits per heavy atom. The number of pyridine rings is 1. The average molecular weight is 426 g/mol. The van der Waals surface area contributed by atoms with Crippen molar-refractivity contribution in [1.29, 1.82) is 0 Å². The Morgan fingerprint density at radius 1 is 1.07 bits per heavy atom. The van der Waals surface area contributed by atoms with Gasteiger partial charge in [-0.1, -0.05) is 18.2 Å². The summed E-state index contributed by atoms with van der Waals surface area (Å²) >= 11 is 0. The molecule has 1 aliphatic heterocycles. The van der Waals surface area contributed by atoms with Crippen LogP contribution in [0.2, 0.25) is 0 Å². The third-order valence-corrected chi connectivity index (χ3v) is 6.41. The van der Waals surface area contributed by atoms with Gasteiger partial charge in [0.2, 0.25) is 5.88 Å². The van der Waals surface area contributed by atoms with Crippen molar-refractivity contribution in [2.24, 2.45) is 0 Å². The zero-order chi connectivity index (χ0) is 21.0. The lowest BCUT2D eigenvalue weighted by atomic mass is 10.2. The lowest BCUT2D eigenvalue weighted by molar-refractivity contribution is 0.122. The smallest absolute Gasteiger partial charge is 0.212 e. The van der Waals surface area contributed by atoms with Gasteiger partial charge in [0, 0.05) is 37.0 Å². The molecule has 0 amide bonds. The minimum atomic E-state index is -3.54. The first-order chi connectivity index (χ1) is 14.5. The van der Waals surface area contributed by atoms with E-state index in [0.29, 0.717) is 55.1 Å². The molecule has 30 heavy (non-hydrogen) atoms. The zero-order valence-corrected chi connectivity index (χ0v) is 17.4. The normalized spacial score (nSPS) is 14.5. The lowest BCUT2D eigenvalue weighted by Crippen LogP contribution is -2.37. The van der Waals surface area contributed by atoms with Crippen LogP contribution in [0.4, 0.5) is 5.82 Å². The van der Waals surface area contributed by atoms with Crippen molar-refractivity contribution in [3.05, 3.63) is 60.4 Å². The first-order valence-electron chi connectivity index (χ1n) is 9.54. The van der Waals surface area contributed by atoms with Crippen LogP contribution in [-0.4, -0.2) is 56.8 Å². The van der Waals surface area contributed by atoms with Gasteiger partial charge in [-0.3, -0.25) is 0 Å². The van der Waals surface area contributed by atoms with Gasteiger partial charge >= 0.3 is 0 Å². The largest absolute Gasteiger partial charge is 0.481 e. The number of anilines is 1. The number of methoxy groups -OCH3 is 1. The zero-order valence-electron chi connectivity index (χ0n) is 16.6. The summed E-state index contributed by atoms with van der Waals surface area (Å²) in [6, 6.07) is 13.7. The van der Waals surface area contributed by atoms with Crippen molar-refractivity contribution >= 4 is 15.7 Å². The lowest BCUT2D eigenvalue weighted by Gasteiger charge is -2.28. The van der Waals surface area contributed by atoms with Gasteiger partial charge < -0.3 is 14.4 Å². The van der Waals surface area contributed by atoms with Crippen molar-refractivity contribution in [3.63, 3.8) is 0 Å². The molecule has 0 spiro atoms. The van der Waals surface area contributed by atoms with Crippen molar-refractivity contribution in [1.82, 2.24) is 15.0 Å². The van der Waals surface area contributed by atoms with E-state index in [1.807, 2.05) is 0 Å². The molecule has 3 aromatic rings. The van der Waals surface area contributed by atoms with Crippen LogP contribution in [-0.2, 0) is 20.3 Å². The van der Waals surface area contributed by atoms with Crippen molar-refractivity contribution in [3.8, 4) is 17.3 Å². The highest BCUT2D eigenvalue weighted by Gasteiger charge is 2.20. The Kier molecular flexibility index (Phi) is 5.91. The van der Waals surface area contributed by atoms with E-state index < -0.39 is 9.84 Å². The van der Waals surface area contributed by atoms with E-state index in [-0.39, 0.29) is 10.6 Å². The highest BCUT2D eigenvalue weighted by atomic mass is 32.2. The summed E-state index contributed by atoms with van der Waals surface area (Å²) in [4.78, 5) is 15.8. The molecule has 1 saturated heterocycles. The fraction of sp³-hybridized carbons (Fsp3) is 0.286. The van der Waals surface area contributed by atoms with Gasteiger partial charge in [-0.25, -0.2) is 23.4 Å². The molecule has 0 saturated carbocycles. The maximum absolute atomic E-state index is 12.9. The van der Waals surface area contributed by atoms with Crippen LogP contribution in [0.25, 0.3) is 11.4 Å². The number of hydrogen-bond donors (Lipinski definition) is 0. The van der Waals surface area contributed by atoms with Gasteiger partial charge in [0.25, 0.3) is 0 Å². The third kappa shape index (κ3) is 4.58. The molecule has 156 valence electrons. The maximum Gasteiger partial charge on any atom is 0.212 e. The number of nitrogens with zero attached hydrogens (tertiary/aromatic N) is 4. The van der Waals surface area contributed by atoms with E-state index in [1.54, 1.807) is 61.8 Å². The van der Waals surface area contributed by atoms with Crippen molar-refractivity contribution < 1.29 is 17.9 Å². The Balaban J connectivity index is 1.73. The summed E-state index contributed by atoms with van der Waals surface area (Å²) in [6.45, 7) is 2.56. The van der Waals surface area contributed by atoms with Gasteiger partial charge in [-0.2, -0.15) is 0 Å². The monoisotopic (exact) mass is 426 g/mol. The summed E-state index contributed by atoms with van der Waals surface area (Å²) in [5.74, 6) is 1.37. The Labute approximate surface area is 175 Å². The molecule has 4 rings (SSSR count). The average Bonchev–Trinajstić information content (AvgIpc) is 2.80. The minimum absolute atomic E-state index is 0.215. The van der Waals surface area contributed by atoms with Crippen LogP contribution in [0.15, 0.2) is 59.6 Å². The van der Waals surface area contributed by atoms with Gasteiger partial charge in [-0.15, -0.1) is 0 Å². The molecule has 1 aromatic carbocycles. The molecular weight excluding hydrogens is 404 g/mol. The van der Waals surface area contributed by atoms with Crippen molar-refractivity contribution in [2.75, 3.05) is 38.3 Å². The molecule has 0 bridgehead atoms. The summed E-state index contributed by atoms with van der Waals surface area (Å²) in [5, 5.41) is 0. The summed E-state index contributed by atoms with van der Waals surface area (Å²) in [5.41, 5.74) is 1.12. The van der Waals surface area contributed by atoms with E-state index in [1.165, 1.54) is 0 Å². The Morgan fingerprint density at radius 2 is 1.83 bits per heavy atom. The van der Waals surface area contributed by atoms with Crippen LogP contribution in [0, 0.1) is 0 Å². The van der Waals surface area contributed by atoms with E-state index >= 15 is 0 Å². The van der Waals surface area contributed by atoms with Crippen LogP contribution >= 0.6 is 0 Å². The topological polar surface area (TPSA) is 94.5 Å². The number of hydrogen-bond acceptors (Lipinski definition) is 8. The molecule has 1 fully saturated rings. The molecule has 2 aromatic heterocycles. The highest BCUT2D eigenvalue weighted by molar-refractivity contribution is 7.90. The quantitative estimate of drug-likeness (QED) is 0.593. The Hall–Kier alpha value is -3.04. The molecule has 0 radical (unpaired) electrons. The molecular formula is C21H22N4O4S. The number of sulfone groups is 1. The number of morpholine rings is 1. The first-order valence-corrected chi connectivity index (χ1v) is 11.2. The maximum atomic E-state index is 12.9. The molecule has 8 nitrogen and oxygen atoms in total. The SMILES string of the molecule is COc1ccc(-c2nc(CS(=O)(=O)c3ccccc3)cc(N3CCOCC3)n2)cn1. The third-order valence-electron chi connectivity index (χ3n) is 4.74. The van der Waals surface area contributed by atoms with Gasteiger partial charge in [0.05, 0.1) is 36.7 Å². The molecule has 3 heterocycles. The molecule has 0 atom stereocenters. The van der Waals surface area contributed by atoms with Gasteiger partial charge in [0.1, 0.15) is 5.82 Å². The van der Waals surface area contributed by atoms with Crippen LogP contribution in [0.1, 0.15) is 5.69 Å². The molecule has 0 unspecified atom stereocenters. The summed E-state index contributed by atoms with van der Waals surface area (Å²) in [6.07, 6.45) is 1.62. The van der Waals surface area contributed by atoms with Crippen LogP contribution in [0.3, 0.4) is 0 Å². The second-order valence-electron chi connectivity index (χ2n) is 6.80. The van der Waals surface area contributed by atoms with Gasteiger partial charge in [-0.05, 0) is 18.2 Å². The fourth-order valence-corrected chi connectivity index (χ4v) is 4.46. The number of ether oxygens (including phenoxy) is 2. The Bertz CT molecular complexity index is 1100. The second kappa shape index (κ2) is 8.76. The minimum Gasteiger partial charge on any atom is -0.481 e. The molecule has 0 aliphatic carbocycles. The van der Waals surface area contributed by atoms with Crippen LogP contribution < -0.4 is 9.64 Å². The van der Waals surface area contributed by atoms with Crippen LogP contribution in [0.5, 0.6) is 5.88 Å². The second-order valence-corrected chi connectivity index (χ2v) is 8.79. The predicted octanol–water partition coefficient (Wildman–Crippen LogP) is 2.36. The number of rotatable bonds is 6. The van der Waals surface area contributed by atoms with E-state index in [0.717, 1.165) is 0 Å². The van der Waals surface area contributed by atoms with E-state index in [9.17, 15) is 8.42 Å². The van der Waals surface area contributed by atoms with E-state index in [4.69, 9.17) is 9.47 Å². The predicted molar refractivity (Wildman–Crippen MR) is 112 cm³/mol. The number of benzene rings is 1.